The number of nitrogens with one attached hydrogen (secondary N) is 2. The third-order valence-electron chi connectivity index (χ3n) is 5.79. The molecule has 0 saturated carbocycles. The van der Waals surface area contributed by atoms with Crippen molar-refractivity contribution >= 4 is 26.3 Å². The molecule has 0 aliphatic carbocycles. The predicted octanol–water partition coefficient (Wildman–Crippen LogP) is 3.65. The lowest BCUT2D eigenvalue weighted by atomic mass is 9.94. The predicted molar refractivity (Wildman–Crippen MR) is 117 cm³/mol. The van der Waals surface area contributed by atoms with E-state index in [2.05, 4.69) is 16.4 Å². The second-order valence-corrected chi connectivity index (χ2v) is 10.0. The van der Waals surface area contributed by atoms with Gasteiger partial charge in [-0.25, -0.2) is 8.42 Å². The molecule has 0 radical (unpaired) electrons. The van der Waals surface area contributed by atoms with Gasteiger partial charge in [0.05, 0.1) is 11.5 Å². The molecule has 5 rings (SSSR count). The van der Waals surface area contributed by atoms with Gasteiger partial charge in [-0.05, 0) is 47.7 Å². The van der Waals surface area contributed by atoms with Gasteiger partial charge < -0.3 is 19.8 Å². The molecule has 1 unspecified atom stereocenters. The van der Waals surface area contributed by atoms with Crippen LogP contribution in [0, 0.1) is 0 Å². The van der Waals surface area contributed by atoms with Gasteiger partial charge >= 0.3 is 0 Å². The Balaban J connectivity index is 1.22. The molecule has 6 nitrogen and oxygen atoms in total. The van der Waals surface area contributed by atoms with Crippen molar-refractivity contribution in [3.05, 3.63) is 65.9 Å². The Morgan fingerprint density at radius 2 is 1.93 bits per heavy atom. The Labute approximate surface area is 175 Å². The van der Waals surface area contributed by atoms with Gasteiger partial charge in [0.2, 0.25) is 6.79 Å². The summed E-state index contributed by atoms with van der Waals surface area (Å²) >= 11 is 0. The van der Waals surface area contributed by atoms with Gasteiger partial charge in [0.15, 0.2) is 21.3 Å². The number of rotatable bonds is 6. The molecular weight excluding hydrogens is 400 g/mol. The van der Waals surface area contributed by atoms with E-state index in [0.717, 1.165) is 46.5 Å². The fourth-order valence-corrected chi connectivity index (χ4v) is 5.69. The van der Waals surface area contributed by atoms with Gasteiger partial charge in [-0.3, -0.25) is 0 Å². The SMILES string of the molecule is O=S(=O)(CCC1CC(c2ccc3c(c2)OCO3)=CCN1)Cc1c[nH]c2ccccc12. The van der Waals surface area contributed by atoms with Crippen molar-refractivity contribution in [1.29, 1.82) is 0 Å². The number of para-hydroxylation sites is 1. The molecule has 2 aromatic carbocycles. The first-order valence-corrected chi connectivity index (χ1v) is 12.0. The van der Waals surface area contributed by atoms with Crippen LogP contribution in [-0.2, 0) is 15.6 Å². The fourth-order valence-electron chi connectivity index (χ4n) is 4.19. The molecule has 0 amide bonds. The fraction of sp³-hybridized carbons (Fsp3) is 0.304. The highest BCUT2D eigenvalue weighted by molar-refractivity contribution is 7.90. The normalized spacial score (nSPS) is 18.5. The summed E-state index contributed by atoms with van der Waals surface area (Å²) in [6.45, 7) is 0.993. The summed E-state index contributed by atoms with van der Waals surface area (Å²) in [5, 5.41) is 4.41. The van der Waals surface area contributed by atoms with Crippen molar-refractivity contribution in [2.24, 2.45) is 0 Å². The molecule has 156 valence electrons. The Bertz CT molecular complexity index is 1210. The minimum absolute atomic E-state index is 0.0641. The number of aromatic amines is 1. The van der Waals surface area contributed by atoms with Crippen LogP contribution in [0.15, 0.2) is 54.7 Å². The quantitative estimate of drug-likeness (QED) is 0.631. The van der Waals surface area contributed by atoms with Crippen molar-refractivity contribution in [3.63, 3.8) is 0 Å². The molecule has 7 heteroatoms. The summed E-state index contributed by atoms with van der Waals surface area (Å²) in [7, 11) is -3.20. The van der Waals surface area contributed by atoms with Crippen LogP contribution in [0.2, 0.25) is 0 Å². The van der Waals surface area contributed by atoms with Gasteiger partial charge in [-0.1, -0.05) is 30.3 Å². The van der Waals surface area contributed by atoms with Gasteiger partial charge in [0.25, 0.3) is 0 Å². The van der Waals surface area contributed by atoms with Crippen LogP contribution < -0.4 is 14.8 Å². The summed E-state index contributed by atoms with van der Waals surface area (Å²) in [5.41, 5.74) is 4.12. The highest BCUT2D eigenvalue weighted by Gasteiger charge is 2.22. The maximum Gasteiger partial charge on any atom is 0.231 e. The van der Waals surface area contributed by atoms with E-state index >= 15 is 0 Å². The zero-order chi connectivity index (χ0) is 20.6. The summed E-state index contributed by atoms with van der Waals surface area (Å²) in [4.78, 5) is 3.15. The number of ether oxygens (including phenoxy) is 2. The van der Waals surface area contributed by atoms with Crippen molar-refractivity contribution in [2.75, 3.05) is 19.1 Å². The third-order valence-corrected chi connectivity index (χ3v) is 7.40. The number of sulfone groups is 1. The Morgan fingerprint density at radius 3 is 2.87 bits per heavy atom. The van der Waals surface area contributed by atoms with Crippen molar-refractivity contribution in [1.82, 2.24) is 10.3 Å². The molecule has 30 heavy (non-hydrogen) atoms. The second-order valence-electron chi connectivity index (χ2n) is 7.85. The van der Waals surface area contributed by atoms with Crippen LogP contribution in [0.1, 0.15) is 24.0 Å². The lowest BCUT2D eigenvalue weighted by Crippen LogP contribution is -2.34. The van der Waals surface area contributed by atoms with E-state index in [4.69, 9.17) is 9.47 Å². The topological polar surface area (TPSA) is 80.4 Å². The number of fused-ring (bicyclic) bond motifs is 2. The number of H-pyrrole nitrogens is 1. The molecule has 0 bridgehead atoms. The van der Waals surface area contributed by atoms with Gasteiger partial charge in [0.1, 0.15) is 0 Å². The summed E-state index contributed by atoms with van der Waals surface area (Å²) < 4.78 is 36.4. The molecule has 2 aliphatic rings. The number of benzene rings is 2. The average molecular weight is 425 g/mol. The molecule has 1 aromatic heterocycles. The first kappa shape index (κ1) is 19.2. The molecule has 3 aromatic rings. The number of hydrogen-bond acceptors (Lipinski definition) is 5. The largest absolute Gasteiger partial charge is 0.454 e. The third kappa shape index (κ3) is 3.95. The first-order valence-electron chi connectivity index (χ1n) is 10.2. The summed E-state index contributed by atoms with van der Waals surface area (Å²) in [6.07, 6.45) is 5.35. The second kappa shape index (κ2) is 7.81. The van der Waals surface area contributed by atoms with E-state index in [-0.39, 0.29) is 24.3 Å². The maximum absolute atomic E-state index is 12.8. The van der Waals surface area contributed by atoms with Crippen molar-refractivity contribution in [3.8, 4) is 11.5 Å². The minimum Gasteiger partial charge on any atom is -0.454 e. The van der Waals surface area contributed by atoms with Gasteiger partial charge in [0, 0.05) is 29.7 Å². The highest BCUT2D eigenvalue weighted by atomic mass is 32.2. The summed E-state index contributed by atoms with van der Waals surface area (Å²) in [6, 6.07) is 13.9. The van der Waals surface area contributed by atoms with Crippen LogP contribution in [0.25, 0.3) is 16.5 Å². The Hall–Kier alpha value is -2.77. The van der Waals surface area contributed by atoms with E-state index in [9.17, 15) is 8.42 Å². The molecule has 2 N–H and O–H groups in total. The molecule has 0 saturated heterocycles. The minimum atomic E-state index is -3.20. The van der Waals surface area contributed by atoms with E-state index in [1.807, 2.05) is 48.7 Å². The van der Waals surface area contributed by atoms with E-state index < -0.39 is 9.84 Å². The first-order chi connectivity index (χ1) is 14.6. The van der Waals surface area contributed by atoms with Gasteiger partial charge in [-0.2, -0.15) is 0 Å². The van der Waals surface area contributed by atoms with E-state index in [1.165, 1.54) is 5.57 Å². The highest BCUT2D eigenvalue weighted by Crippen LogP contribution is 2.36. The van der Waals surface area contributed by atoms with E-state index in [0.29, 0.717) is 6.42 Å². The van der Waals surface area contributed by atoms with E-state index in [1.54, 1.807) is 0 Å². The lowest BCUT2D eigenvalue weighted by Gasteiger charge is -2.24. The molecular formula is C23H24N2O4S. The maximum atomic E-state index is 12.8. The van der Waals surface area contributed by atoms with Crippen LogP contribution in [0.3, 0.4) is 0 Å². The smallest absolute Gasteiger partial charge is 0.231 e. The van der Waals surface area contributed by atoms with Crippen LogP contribution >= 0.6 is 0 Å². The molecule has 0 fully saturated rings. The number of hydrogen-bond donors (Lipinski definition) is 2. The summed E-state index contributed by atoms with van der Waals surface area (Å²) in [5.74, 6) is 1.77. The van der Waals surface area contributed by atoms with Crippen LogP contribution in [0.4, 0.5) is 0 Å². The van der Waals surface area contributed by atoms with Gasteiger partial charge in [-0.15, -0.1) is 0 Å². The molecule has 3 heterocycles. The Morgan fingerprint density at radius 1 is 1.07 bits per heavy atom. The monoisotopic (exact) mass is 424 g/mol. The standard InChI is InChI=1S/C23H24N2O4S/c26-30(27,14-18-13-25-21-4-2-1-3-20(18)21)10-8-19-11-17(7-9-24-19)16-5-6-22-23(12-16)29-15-28-22/h1-7,12-13,19,24-25H,8-11,14-15H2. The molecule has 2 aliphatic heterocycles. The van der Waals surface area contributed by atoms with Crippen LogP contribution in [-0.4, -0.2) is 38.5 Å². The molecule has 1 atom stereocenters. The Kier molecular flexibility index (Phi) is 5.00. The molecule has 0 spiro atoms. The zero-order valence-corrected chi connectivity index (χ0v) is 17.4. The van der Waals surface area contributed by atoms with Crippen LogP contribution in [0.5, 0.6) is 11.5 Å². The lowest BCUT2D eigenvalue weighted by molar-refractivity contribution is 0.174. The van der Waals surface area contributed by atoms with Crippen molar-refractivity contribution in [2.45, 2.75) is 24.6 Å². The zero-order valence-electron chi connectivity index (χ0n) is 16.6. The van der Waals surface area contributed by atoms with Crippen molar-refractivity contribution < 1.29 is 17.9 Å². The number of aromatic nitrogens is 1. The average Bonchev–Trinajstić information content (AvgIpc) is 3.39.